The summed E-state index contributed by atoms with van der Waals surface area (Å²) in [7, 11) is 0. The normalized spacial score (nSPS) is 10.4. The van der Waals surface area contributed by atoms with Crippen molar-refractivity contribution in [3.8, 4) is 11.1 Å². The van der Waals surface area contributed by atoms with Crippen molar-refractivity contribution in [1.82, 2.24) is 0 Å². The third kappa shape index (κ3) is 3.40. The highest BCUT2D eigenvalue weighted by atomic mass is 16.1. The highest BCUT2D eigenvalue weighted by Gasteiger charge is 2.19. The first-order chi connectivity index (χ1) is 13.8. The van der Waals surface area contributed by atoms with Crippen LogP contribution in [-0.2, 0) is 0 Å². The van der Waals surface area contributed by atoms with Gasteiger partial charge >= 0.3 is 0 Å². The Morgan fingerprint density at radius 3 is 1.11 bits per heavy atom. The molecule has 0 aliphatic rings. The number of hydrogen-bond acceptors (Lipinski definition) is 2. The van der Waals surface area contributed by atoms with E-state index in [2.05, 4.69) is 0 Å². The zero-order valence-electron chi connectivity index (χ0n) is 15.2. The van der Waals surface area contributed by atoms with Crippen LogP contribution in [0.5, 0.6) is 0 Å². The maximum atomic E-state index is 13.1. The second-order valence-corrected chi connectivity index (χ2v) is 6.48. The molecule has 0 aliphatic carbocycles. The van der Waals surface area contributed by atoms with Gasteiger partial charge in [0.15, 0.2) is 11.6 Å². The summed E-state index contributed by atoms with van der Waals surface area (Å²) < 4.78 is 0. The summed E-state index contributed by atoms with van der Waals surface area (Å²) in [5.74, 6) is -0.115. The van der Waals surface area contributed by atoms with Crippen LogP contribution >= 0.6 is 0 Å². The molecular weight excluding hydrogens is 344 g/mol. The largest absolute Gasteiger partial charge is 0.289 e. The van der Waals surface area contributed by atoms with E-state index in [-0.39, 0.29) is 11.6 Å². The summed E-state index contributed by atoms with van der Waals surface area (Å²) >= 11 is 0. The van der Waals surface area contributed by atoms with Crippen LogP contribution < -0.4 is 0 Å². The van der Waals surface area contributed by atoms with Crippen molar-refractivity contribution in [3.63, 3.8) is 0 Å². The highest BCUT2D eigenvalue weighted by Crippen LogP contribution is 2.30. The first kappa shape index (κ1) is 17.6. The fourth-order valence-electron chi connectivity index (χ4n) is 3.32. The number of carbonyl (C=O) groups excluding carboxylic acids is 2. The predicted octanol–water partition coefficient (Wildman–Crippen LogP) is 5.82. The van der Waals surface area contributed by atoms with E-state index in [1.165, 1.54) is 0 Å². The molecule has 134 valence electrons. The van der Waals surface area contributed by atoms with Crippen LogP contribution in [0.3, 0.4) is 0 Å². The third-order valence-electron chi connectivity index (χ3n) is 4.71. The number of ketones is 2. The van der Waals surface area contributed by atoms with E-state index >= 15 is 0 Å². The lowest BCUT2D eigenvalue weighted by atomic mass is 9.89. The number of benzene rings is 4. The predicted molar refractivity (Wildman–Crippen MR) is 112 cm³/mol. The SMILES string of the molecule is O=C(c1ccccc1)c1ccccc1-c1ccccc1C(=O)c1ccccc1. The van der Waals surface area contributed by atoms with Gasteiger partial charge in [0.2, 0.25) is 0 Å². The van der Waals surface area contributed by atoms with Crippen molar-refractivity contribution in [2.24, 2.45) is 0 Å². The number of hydrogen-bond donors (Lipinski definition) is 0. The van der Waals surface area contributed by atoms with Crippen molar-refractivity contribution in [3.05, 3.63) is 131 Å². The van der Waals surface area contributed by atoms with Gasteiger partial charge in [-0.3, -0.25) is 9.59 Å². The van der Waals surface area contributed by atoms with Crippen molar-refractivity contribution < 1.29 is 9.59 Å². The Labute approximate surface area is 164 Å². The van der Waals surface area contributed by atoms with Crippen LogP contribution in [-0.4, -0.2) is 11.6 Å². The van der Waals surface area contributed by atoms with Crippen molar-refractivity contribution in [2.75, 3.05) is 0 Å². The molecule has 0 amide bonds. The van der Waals surface area contributed by atoms with Gasteiger partial charge in [-0.05, 0) is 11.1 Å². The van der Waals surface area contributed by atoms with Gasteiger partial charge in [0.25, 0.3) is 0 Å². The molecule has 0 unspecified atom stereocenters. The highest BCUT2D eigenvalue weighted by molar-refractivity contribution is 6.16. The average Bonchev–Trinajstić information content (AvgIpc) is 2.79. The second-order valence-electron chi connectivity index (χ2n) is 6.48. The molecular formula is C26H18O2. The van der Waals surface area contributed by atoms with E-state index in [4.69, 9.17) is 0 Å². The smallest absolute Gasteiger partial charge is 0.193 e. The fourth-order valence-corrected chi connectivity index (χ4v) is 3.32. The average molecular weight is 362 g/mol. The molecule has 28 heavy (non-hydrogen) atoms. The summed E-state index contributed by atoms with van der Waals surface area (Å²) in [5, 5.41) is 0. The van der Waals surface area contributed by atoms with Crippen LogP contribution in [0.15, 0.2) is 109 Å². The van der Waals surface area contributed by atoms with E-state index in [1.54, 1.807) is 24.3 Å². The maximum absolute atomic E-state index is 13.1. The summed E-state index contributed by atoms with van der Waals surface area (Å²) in [4.78, 5) is 26.2. The fraction of sp³-hybridized carbons (Fsp3) is 0. The number of carbonyl (C=O) groups is 2. The summed E-state index contributed by atoms with van der Waals surface area (Å²) in [5.41, 5.74) is 3.94. The standard InChI is InChI=1S/C26H18O2/c27-25(19-11-3-1-4-12-19)23-17-9-7-15-21(23)22-16-8-10-18-24(22)26(28)20-13-5-2-6-14-20/h1-18H. The first-order valence-electron chi connectivity index (χ1n) is 9.13. The Balaban J connectivity index is 1.84. The number of rotatable bonds is 5. The van der Waals surface area contributed by atoms with Gasteiger partial charge in [-0.15, -0.1) is 0 Å². The van der Waals surface area contributed by atoms with E-state index in [9.17, 15) is 9.59 Å². The van der Waals surface area contributed by atoms with Gasteiger partial charge in [0.05, 0.1) is 0 Å². The minimum atomic E-state index is -0.0573. The summed E-state index contributed by atoms with van der Waals surface area (Å²) in [6.07, 6.45) is 0. The van der Waals surface area contributed by atoms with Crippen LogP contribution in [0, 0.1) is 0 Å². The second kappa shape index (κ2) is 7.85. The zero-order chi connectivity index (χ0) is 19.3. The topological polar surface area (TPSA) is 34.1 Å². The Morgan fingerprint density at radius 1 is 0.393 bits per heavy atom. The molecule has 0 aromatic heterocycles. The molecule has 0 fully saturated rings. The minimum Gasteiger partial charge on any atom is -0.289 e. The van der Waals surface area contributed by atoms with E-state index in [1.807, 2.05) is 84.9 Å². The van der Waals surface area contributed by atoms with Crippen LogP contribution in [0.25, 0.3) is 11.1 Å². The lowest BCUT2D eigenvalue weighted by Gasteiger charge is -2.13. The minimum absolute atomic E-state index is 0.0573. The molecule has 0 saturated heterocycles. The van der Waals surface area contributed by atoms with Crippen LogP contribution in [0.1, 0.15) is 31.8 Å². The quantitative estimate of drug-likeness (QED) is 0.420. The van der Waals surface area contributed by atoms with Gasteiger partial charge in [0, 0.05) is 22.3 Å². The summed E-state index contributed by atoms with van der Waals surface area (Å²) in [6, 6.07) is 33.3. The molecule has 0 spiro atoms. The molecule has 0 heterocycles. The van der Waals surface area contributed by atoms with Gasteiger partial charge < -0.3 is 0 Å². The molecule has 2 nitrogen and oxygen atoms in total. The van der Waals surface area contributed by atoms with Crippen LogP contribution in [0.4, 0.5) is 0 Å². The lowest BCUT2D eigenvalue weighted by Crippen LogP contribution is -2.07. The van der Waals surface area contributed by atoms with Gasteiger partial charge in [-0.2, -0.15) is 0 Å². The van der Waals surface area contributed by atoms with Crippen molar-refractivity contribution in [2.45, 2.75) is 0 Å². The molecule has 0 saturated carbocycles. The van der Waals surface area contributed by atoms with Crippen molar-refractivity contribution in [1.29, 1.82) is 0 Å². The van der Waals surface area contributed by atoms with Gasteiger partial charge in [-0.25, -0.2) is 0 Å². The molecule has 0 atom stereocenters. The summed E-state index contributed by atoms with van der Waals surface area (Å²) in [6.45, 7) is 0. The zero-order valence-corrected chi connectivity index (χ0v) is 15.2. The maximum Gasteiger partial charge on any atom is 0.193 e. The van der Waals surface area contributed by atoms with Crippen LogP contribution in [0.2, 0.25) is 0 Å². The Morgan fingerprint density at radius 2 is 0.714 bits per heavy atom. The molecule has 4 rings (SSSR count). The third-order valence-corrected chi connectivity index (χ3v) is 4.71. The van der Waals surface area contributed by atoms with Gasteiger partial charge in [0.1, 0.15) is 0 Å². The van der Waals surface area contributed by atoms with Gasteiger partial charge in [-0.1, -0.05) is 109 Å². The van der Waals surface area contributed by atoms with E-state index in [0.29, 0.717) is 22.3 Å². The molecule has 0 N–H and O–H groups in total. The van der Waals surface area contributed by atoms with Crippen molar-refractivity contribution >= 4 is 11.6 Å². The molecule has 4 aromatic carbocycles. The van der Waals surface area contributed by atoms with E-state index < -0.39 is 0 Å². The Bertz CT molecular complexity index is 1040. The molecule has 4 aromatic rings. The molecule has 2 heteroatoms. The first-order valence-corrected chi connectivity index (χ1v) is 9.13. The molecule has 0 bridgehead atoms. The lowest BCUT2D eigenvalue weighted by molar-refractivity contribution is 0.103. The molecule has 0 radical (unpaired) electrons. The Hall–Kier alpha value is -3.78. The Kier molecular flexibility index (Phi) is 4.94. The molecule has 0 aliphatic heterocycles. The van der Waals surface area contributed by atoms with E-state index in [0.717, 1.165) is 11.1 Å². The monoisotopic (exact) mass is 362 g/mol.